The molecule has 2 saturated heterocycles. The SMILES string of the molecule is CC(C)CN1C[C@@H]2C[C@H]1C(=O)NC[C@H]1O[C@H](CCOc3cc(-c4ccc(S(C)(=O)=O)cc4)ccc3C(=O)N2)CC[C@@H]1O. The van der Waals surface area contributed by atoms with E-state index in [1.807, 2.05) is 6.07 Å². The van der Waals surface area contributed by atoms with E-state index in [0.29, 0.717) is 56.1 Å². The molecule has 228 valence electrons. The van der Waals surface area contributed by atoms with Crippen molar-refractivity contribution in [3.63, 3.8) is 0 Å². The number of aliphatic hydroxyl groups is 1. The summed E-state index contributed by atoms with van der Waals surface area (Å²) >= 11 is 0. The second-order valence-electron chi connectivity index (χ2n) is 12.1. The number of amides is 2. The number of nitrogens with zero attached hydrogens (tertiary/aromatic N) is 1. The van der Waals surface area contributed by atoms with Gasteiger partial charge in [-0.2, -0.15) is 0 Å². The monoisotopic (exact) mass is 599 g/mol. The van der Waals surface area contributed by atoms with E-state index in [-0.39, 0.29) is 35.4 Å². The minimum atomic E-state index is -3.32. The predicted octanol–water partition coefficient (Wildman–Crippen LogP) is 2.39. The van der Waals surface area contributed by atoms with Crippen LogP contribution in [0.4, 0.5) is 0 Å². The Morgan fingerprint density at radius 1 is 1.05 bits per heavy atom. The first-order chi connectivity index (χ1) is 20.0. The molecular weight excluding hydrogens is 558 g/mol. The maximum atomic E-state index is 13.6. The van der Waals surface area contributed by atoms with Gasteiger partial charge in [0.15, 0.2) is 9.84 Å². The van der Waals surface area contributed by atoms with Crippen molar-refractivity contribution in [3.8, 4) is 16.9 Å². The van der Waals surface area contributed by atoms with E-state index >= 15 is 0 Å². The van der Waals surface area contributed by atoms with Crippen LogP contribution in [0.5, 0.6) is 5.75 Å². The van der Waals surface area contributed by atoms with Crippen LogP contribution in [0.3, 0.4) is 0 Å². The van der Waals surface area contributed by atoms with Crippen molar-refractivity contribution in [1.82, 2.24) is 15.5 Å². The lowest BCUT2D eigenvalue weighted by Gasteiger charge is -2.34. The van der Waals surface area contributed by atoms with E-state index in [2.05, 4.69) is 29.4 Å². The van der Waals surface area contributed by atoms with E-state index in [4.69, 9.17) is 9.47 Å². The van der Waals surface area contributed by atoms with Crippen molar-refractivity contribution >= 4 is 21.7 Å². The fraction of sp³-hybridized carbons (Fsp3) is 0.548. The summed E-state index contributed by atoms with van der Waals surface area (Å²) in [6, 6.07) is 11.3. The van der Waals surface area contributed by atoms with Crippen LogP contribution in [-0.4, -0.2) is 93.1 Å². The molecule has 0 unspecified atom stereocenters. The Morgan fingerprint density at radius 2 is 1.79 bits per heavy atom. The minimum absolute atomic E-state index is 0.118. The fourth-order valence-corrected chi connectivity index (χ4v) is 6.71. The summed E-state index contributed by atoms with van der Waals surface area (Å²) in [4.78, 5) is 29.2. The van der Waals surface area contributed by atoms with E-state index < -0.39 is 28.1 Å². The zero-order chi connectivity index (χ0) is 30.0. The zero-order valence-corrected chi connectivity index (χ0v) is 25.2. The number of benzene rings is 2. The van der Waals surface area contributed by atoms with Gasteiger partial charge in [0.25, 0.3) is 5.91 Å². The molecule has 2 fully saturated rings. The highest BCUT2D eigenvalue weighted by Gasteiger charge is 2.39. The van der Waals surface area contributed by atoms with Gasteiger partial charge in [0.05, 0.1) is 35.3 Å². The molecule has 5 atom stereocenters. The summed E-state index contributed by atoms with van der Waals surface area (Å²) in [5, 5.41) is 16.7. The summed E-state index contributed by atoms with van der Waals surface area (Å²) in [6.07, 6.45) is 2.14. The van der Waals surface area contributed by atoms with Gasteiger partial charge in [0, 0.05) is 38.4 Å². The van der Waals surface area contributed by atoms with E-state index in [9.17, 15) is 23.1 Å². The number of carbonyl (C=O) groups excluding carboxylic acids is 2. The van der Waals surface area contributed by atoms with Crippen molar-refractivity contribution in [2.75, 3.05) is 32.5 Å². The topological polar surface area (TPSA) is 134 Å². The summed E-state index contributed by atoms with van der Waals surface area (Å²) in [6.45, 7) is 5.99. The van der Waals surface area contributed by atoms with Crippen molar-refractivity contribution < 1.29 is 32.6 Å². The lowest BCUT2D eigenvalue weighted by molar-refractivity contribution is -0.133. The molecular formula is C31H41N3O7S. The van der Waals surface area contributed by atoms with Crippen molar-refractivity contribution in [2.24, 2.45) is 5.92 Å². The normalized spacial score (nSPS) is 27.6. The summed E-state index contributed by atoms with van der Waals surface area (Å²) in [7, 11) is -3.32. The van der Waals surface area contributed by atoms with Crippen LogP contribution in [0.1, 0.15) is 49.9 Å². The quantitative estimate of drug-likeness (QED) is 0.488. The highest BCUT2D eigenvalue weighted by atomic mass is 32.2. The molecule has 0 aliphatic carbocycles. The molecule has 2 amide bonds. The number of sulfone groups is 1. The number of fused-ring (bicyclic) bond motifs is 5. The Kier molecular flexibility index (Phi) is 9.22. The second-order valence-corrected chi connectivity index (χ2v) is 14.1. The smallest absolute Gasteiger partial charge is 0.255 e. The summed E-state index contributed by atoms with van der Waals surface area (Å²) in [5.41, 5.74) is 1.97. The first-order valence-electron chi connectivity index (χ1n) is 14.7. The molecule has 3 heterocycles. The molecule has 11 heteroatoms. The van der Waals surface area contributed by atoms with Gasteiger partial charge < -0.3 is 25.2 Å². The molecule has 2 aromatic rings. The number of carbonyl (C=O) groups is 2. The molecule has 3 N–H and O–H groups in total. The third kappa shape index (κ3) is 7.14. The molecule has 3 aliphatic heterocycles. The zero-order valence-electron chi connectivity index (χ0n) is 24.4. The number of ether oxygens (including phenoxy) is 2. The molecule has 5 rings (SSSR count). The van der Waals surface area contributed by atoms with Crippen LogP contribution in [0.25, 0.3) is 11.1 Å². The third-order valence-electron chi connectivity index (χ3n) is 8.24. The van der Waals surface area contributed by atoms with Crippen LogP contribution >= 0.6 is 0 Å². The number of hydrogen-bond donors (Lipinski definition) is 3. The minimum Gasteiger partial charge on any atom is -0.493 e. The molecule has 0 aromatic heterocycles. The average molecular weight is 600 g/mol. The average Bonchev–Trinajstić information content (AvgIpc) is 3.33. The van der Waals surface area contributed by atoms with Crippen LogP contribution in [0.15, 0.2) is 47.4 Å². The molecule has 10 nitrogen and oxygen atoms in total. The fourth-order valence-electron chi connectivity index (χ4n) is 6.08. The Balaban J connectivity index is 1.44. The maximum absolute atomic E-state index is 13.6. The van der Waals surface area contributed by atoms with Crippen molar-refractivity contribution in [3.05, 3.63) is 48.0 Å². The molecule has 4 bridgehead atoms. The Morgan fingerprint density at radius 3 is 2.50 bits per heavy atom. The van der Waals surface area contributed by atoms with Crippen LogP contribution in [-0.2, 0) is 19.4 Å². The number of aliphatic hydroxyl groups excluding tert-OH is 1. The molecule has 3 aliphatic rings. The molecule has 0 radical (unpaired) electrons. The Hall–Kier alpha value is -2.99. The molecule has 0 saturated carbocycles. The predicted molar refractivity (Wildman–Crippen MR) is 158 cm³/mol. The molecule has 42 heavy (non-hydrogen) atoms. The number of nitrogens with one attached hydrogen (secondary N) is 2. The maximum Gasteiger partial charge on any atom is 0.255 e. The van der Waals surface area contributed by atoms with Gasteiger partial charge in [0.1, 0.15) is 11.9 Å². The van der Waals surface area contributed by atoms with Crippen LogP contribution < -0.4 is 15.4 Å². The van der Waals surface area contributed by atoms with Gasteiger partial charge >= 0.3 is 0 Å². The van der Waals surface area contributed by atoms with E-state index in [1.165, 1.54) is 6.26 Å². The Bertz CT molecular complexity index is 1400. The third-order valence-corrected chi connectivity index (χ3v) is 9.37. The lowest BCUT2D eigenvalue weighted by atomic mass is 9.99. The largest absolute Gasteiger partial charge is 0.493 e. The first-order valence-corrected chi connectivity index (χ1v) is 16.6. The number of hydrogen-bond acceptors (Lipinski definition) is 8. The molecule has 0 spiro atoms. The van der Waals surface area contributed by atoms with E-state index in [1.54, 1.807) is 36.4 Å². The van der Waals surface area contributed by atoms with Crippen molar-refractivity contribution in [2.45, 2.75) is 74.8 Å². The lowest BCUT2D eigenvalue weighted by Crippen LogP contribution is -2.50. The van der Waals surface area contributed by atoms with Gasteiger partial charge in [-0.3, -0.25) is 14.5 Å². The van der Waals surface area contributed by atoms with Gasteiger partial charge in [-0.25, -0.2) is 8.42 Å². The van der Waals surface area contributed by atoms with Crippen LogP contribution in [0.2, 0.25) is 0 Å². The number of rotatable bonds is 4. The van der Waals surface area contributed by atoms with Gasteiger partial charge in [0.2, 0.25) is 5.91 Å². The summed E-state index contributed by atoms with van der Waals surface area (Å²) in [5.74, 6) is 0.367. The van der Waals surface area contributed by atoms with Crippen molar-refractivity contribution in [1.29, 1.82) is 0 Å². The first kappa shape index (κ1) is 30.5. The molecule has 2 aromatic carbocycles. The van der Waals surface area contributed by atoms with Crippen LogP contribution in [0, 0.1) is 5.92 Å². The number of likely N-dealkylation sites (tertiary alicyclic amines) is 1. The highest BCUT2D eigenvalue weighted by Crippen LogP contribution is 2.30. The van der Waals surface area contributed by atoms with Gasteiger partial charge in [-0.1, -0.05) is 32.0 Å². The second kappa shape index (κ2) is 12.7. The van der Waals surface area contributed by atoms with E-state index in [0.717, 1.165) is 17.7 Å². The van der Waals surface area contributed by atoms with Gasteiger partial charge in [-0.15, -0.1) is 0 Å². The summed E-state index contributed by atoms with van der Waals surface area (Å²) < 4.78 is 36.2. The Labute approximate surface area is 247 Å². The highest BCUT2D eigenvalue weighted by molar-refractivity contribution is 7.90. The standard InChI is InChI=1S/C31H41N3O7S/c1-19(2)17-34-18-22-15-26(34)31(37)32-16-29-27(35)11-7-23(41-29)12-13-40-28-14-21(6-10-25(28)30(36)33-22)20-4-8-24(9-5-20)42(3,38)39/h4-6,8-10,14,19,22-23,26-27,29,35H,7,11-13,15-18H2,1-3H3,(H,32,37)(H,33,36)/t22-,23-,26-,27-,29+/m0/s1. The van der Waals surface area contributed by atoms with Gasteiger partial charge in [-0.05, 0) is 60.6 Å².